The maximum absolute atomic E-state index is 14.7. The van der Waals surface area contributed by atoms with Gasteiger partial charge in [-0.2, -0.15) is 0 Å². The molecule has 0 N–H and O–H groups in total. The Morgan fingerprint density at radius 3 is 1.85 bits per heavy atom. The van der Waals surface area contributed by atoms with Gasteiger partial charge in [-0.15, -0.1) is 0 Å². The lowest BCUT2D eigenvalue weighted by atomic mass is 10.1. The predicted octanol–water partition coefficient (Wildman–Crippen LogP) is 5.93. The van der Waals surface area contributed by atoms with Gasteiger partial charge in [-0.1, -0.05) is 103 Å². The summed E-state index contributed by atoms with van der Waals surface area (Å²) in [6, 6.07) is 27.7. The molecule has 130 valence electrons. The highest BCUT2D eigenvalue weighted by Crippen LogP contribution is 2.56. The second-order valence-corrected chi connectivity index (χ2v) is 9.26. The van der Waals surface area contributed by atoms with E-state index in [1.807, 2.05) is 85.8 Å². The molecular weight excluding hydrogens is 335 g/mol. The topological polar surface area (TPSA) is 17.1 Å². The summed E-state index contributed by atoms with van der Waals surface area (Å²) in [4.78, 5) is 0. The van der Waals surface area contributed by atoms with Crippen molar-refractivity contribution in [2.24, 2.45) is 0 Å². The van der Waals surface area contributed by atoms with Crippen LogP contribution in [0.1, 0.15) is 18.1 Å². The fourth-order valence-electron chi connectivity index (χ4n) is 3.10. The Bertz CT molecular complexity index is 941. The van der Waals surface area contributed by atoms with Gasteiger partial charge in [-0.3, -0.25) is 0 Å². The van der Waals surface area contributed by atoms with Crippen molar-refractivity contribution >= 4 is 23.1 Å². The zero-order chi connectivity index (χ0) is 18.6. The fraction of sp³-hybridized carbons (Fsp3) is 0.0833. The molecule has 0 atom stereocenters. The van der Waals surface area contributed by atoms with Gasteiger partial charge in [0.25, 0.3) is 0 Å². The highest BCUT2D eigenvalue weighted by molar-refractivity contribution is 7.87. The SMILES string of the molecule is C=C(C)/C=C(\c1cccc(C)c1)P(=O)(c1ccccc1)c1ccccc1. The van der Waals surface area contributed by atoms with Gasteiger partial charge in [0.1, 0.15) is 0 Å². The minimum Gasteiger partial charge on any atom is -0.309 e. The molecule has 3 aromatic carbocycles. The second kappa shape index (κ2) is 7.72. The zero-order valence-corrected chi connectivity index (χ0v) is 16.1. The molecule has 0 radical (unpaired) electrons. The summed E-state index contributed by atoms with van der Waals surface area (Å²) in [5, 5.41) is 2.49. The first-order valence-electron chi connectivity index (χ1n) is 8.68. The average molecular weight is 358 g/mol. The molecule has 0 saturated heterocycles. The normalized spacial score (nSPS) is 12.0. The largest absolute Gasteiger partial charge is 0.309 e. The molecule has 0 fully saturated rings. The third-order valence-electron chi connectivity index (χ3n) is 4.28. The van der Waals surface area contributed by atoms with Crippen LogP contribution in [0.15, 0.2) is 103 Å². The van der Waals surface area contributed by atoms with E-state index in [-0.39, 0.29) is 0 Å². The summed E-state index contributed by atoms with van der Waals surface area (Å²) >= 11 is 0. The number of allylic oxidation sites excluding steroid dienone is 2. The third-order valence-corrected chi connectivity index (χ3v) is 7.39. The van der Waals surface area contributed by atoms with E-state index in [0.717, 1.165) is 32.6 Å². The van der Waals surface area contributed by atoms with E-state index >= 15 is 0 Å². The molecule has 0 saturated carbocycles. The van der Waals surface area contributed by atoms with E-state index in [0.29, 0.717) is 0 Å². The van der Waals surface area contributed by atoms with Crippen LogP contribution in [-0.4, -0.2) is 0 Å². The molecule has 0 amide bonds. The number of hydrogen-bond acceptors (Lipinski definition) is 1. The standard InChI is InChI=1S/C24H23OP/c1-19(2)17-24(21-12-10-11-20(3)18-21)26(25,22-13-6-4-7-14-22)23-15-8-5-9-16-23/h4-18H,1H2,2-3H3/b24-17+. The van der Waals surface area contributed by atoms with Gasteiger partial charge in [0.2, 0.25) is 0 Å². The Morgan fingerprint density at radius 2 is 1.38 bits per heavy atom. The highest BCUT2D eigenvalue weighted by atomic mass is 31.2. The number of aryl methyl sites for hydroxylation is 1. The summed E-state index contributed by atoms with van der Waals surface area (Å²) in [7, 11) is -3.03. The van der Waals surface area contributed by atoms with Crippen LogP contribution in [0, 0.1) is 6.92 Å². The lowest BCUT2D eigenvalue weighted by Gasteiger charge is -2.23. The molecule has 3 aromatic rings. The Labute approximate surface area is 156 Å². The molecule has 0 unspecified atom stereocenters. The Kier molecular flexibility index (Phi) is 5.40. The van der Waals surface area contributed by atoms with Gasteiger partial charge in [0.15, 0.2) is 7.14 Å². The quantitative estimate of drug-likeness (QED) is 0.408. The van der Waals surface area contributed by atoms with Gasteiger partial charge >= 0.3 is 0 Å². The Balaban J connectivity index is 2.35. The minimum atomic E-state index is -3.03. The molecule has 0 bridgehead atoms. The van der Waals surface area contributed by atoms with Crippen molar-refractivity contribution in [2.75, 3.05) is 0 Å². The summed E-state index contributed by atoms with van der Waals surface area (Å²) in [5.41, 5.74) is 3.00. The van der Waals surface area contributed by atoms with Crippen LogP contribution in [0.4, 0.5) is 0 Å². The van der Waals surface area contributed by atoms with Gasteiger partial charge in [0, 0.05) is 15.9 Å². The summed E-state index contributed by atoms with van der Waals surface area (Å²) < 4.78 is 14.7. The van der Waals surface area contributed by atoms with E-state index < -0.39 is 7.14 Å². The molecular formula is C24H23OP. The molecule has 26 heavy (non-hydrogen) atoms. The fourth-order valence-corrected chi connectivity index (χ4v) is 6.04. The van der Waals surface area contributed by atoms with Crippen molar-refractivity contribution in [2.45, 2.75) is 13.8 Å². The number of rotatable bonds is 5. The third kappa shape index (κ3) is 3.64. The maximum Gasteiger partial charge on any atom is 0.171 e. The molecule has 0 aliphatic carbocycles. The monoisotopic (exact) mass is 358 g/mol. The molecule has 0 spiro atoms. The van der Waals surface area contributed by atoms with Gasteiger partial charge in [-0.05, 0) is 25.5 Å². The molecule has 1 nitrogen and oxygen atoms in total. The average Bonchev–Trinajstić information content (AvgIpc) is 2.67. The van der Waals surface area contributed by atoms with Crippen LogP contribution in [0.25, 0.3) is 5.31 Å². The summed E-state index contributed by atoms with van der Waals surface area (Å²) in [6.07, 6.45) is 1.97. The van der Waals surface area contributed by atoms with E-state index in [1.54, 1.807) is 0 Å². The minimum absolute atomic E-state index is 0.825. The van der Waals surface area contributed by atoms with Crippen molar-refractivity contribution in [3.05, 3.63) is 114 Å². The lowest BCUT2D eigenvalue weighted by molar-refractivity contribution is 0.593. The Morgan fingerprint density at radius 1 is 0.846 bits per heavy atom. The van der Waals surface area contributed by atoms with Gasteiger partial charge in [0.05, 0.1) is 0 Å². The predicted molar refractivity (Wildman–Crippen MR) is 114 cm³/mol. The second-order valence-electron chi connectivity index (χ2n) is 6.53. The smallest absolute Gasteiger partial charge is 0.171 e. The van der Waals surface area contributed by atoms with Crippen LogP contribution in [0.3, 0.4) is 0 Å². The lowest BCUT2D eigenvalue weighted by Crippen LogP contribution is -2.17. The van der Waals surface area contributed by atoms with E-state index in [2.05, 4.69) is 25.6 Å². The van der Waals surface area contributed by atoms with E-state index in [4.69, 9.17) is 0 Å². The van der Waals surface area contributed by atoms with Crippen molar-refractivity contribution in [3.8, 4) is 0 Å². The van der Waals surface area contributed by atoms with Crippen molar-refractivity contribution < 1.29 is 4.57 Å². The van der Waals surface area contributed by atoms with E-state index in [1.165, 1.54) is 0 Å². The van der Waals surface area contributed by atoms with Gasteiger partial charge in [-0.25, -0.2) is 0 Å². The molecule has 0 aliphatic heterocycles. The van der Waals surface area contributed by atoms with Crippen LogP contribution < -0.4 is 10.6 Å². The number of hydrogen-bond donors (Lipinski definition) is 0. The first-order valence-corrected chi connectivity index (χ1v) is 10.4. The molecule has 3 rings (SSSR count). The van der Waals surface area contributed by atoms with Crippen LogP contribution >= 0.6 is 7.14 Å². The van der Waals surface area contributed by atoms with Crippen molar-refractivity contribution in [1.29, 1.82) is 0 Å². The summed E-state index contributed by atoms with van der Waals surface area (Å²) in [5.74, 6) is 0. The Hall–Kier alpha value is -2.63. The molecule has 0 heterocycles. The van der Waals surface area contributed by atoms with Crippen molar-refractivity contribution in [3.63, 3.8) is 0 Å². The number of benzene rings is 3. The summed E-state index contributed by atoms with van der Waals surface area (Å²) in [6.45, 7) is 8.04. The first kappa shape index (κ1) is 18.2. The van der Waals surface area contributed by atoms with Crippen LogP contribution in [-0.2, 0) is 4.57 Å². The van der Waals surface area contributed by atoms with Gasteiger partial charge < -0.3 is 4.57 Å². The maximum atomic E-state index is 14.7. The molecule has 0 aromatic heterocycles. The van der Waals surface area contributed by atoms with E-state index in [9.17, 15) is 4.57 Å². The molecule has 2 heteroatoms. The van der Waals surface area contributed by atoms with Crippen LogP contribution in [0.5, 0.6) is 0 Å². The highest BCUT2D eigenvalue weighted by Gasteiger charge is 2.32. The first-order chi connectivity index (χ1) is 12.5. The molecule has 0 aliphatic rings. The zero-order valence-electron chi connectivity index (χ0n) is 15.2. The van der Waals surface area contributed by atoms with Crippen LogP contribution in [0.2, 0.25) is 0 Å². The van der Waals surface area contributed by atoms with Crippen molar-refractivity contribution in [1.82, 2.24) is 0 Å².